The summed E-state index contributed by atoms with van der Waals surface area (Å²) < 4.78 is 37.7. The van der Waals surface area contributed by atoms with Crippen LogP contribution in [-0.4, -0.2) is 0 Å². The fraction of sp³-hybridized carbons (Fsp3) is 0.0769. The van der Waals surface area contributed by atoms with Gasteiger partial charge in [0.1, 0.15) is 0 Å². The Bertz CT molecular complexity index is 579. The number of hydrogen-bond acceptors (Lipinski definition) is 1. The van der Waals surface area contributed by atoms with E-state index in [9.17, 15) is 13.2 Å². The lowest BCUT2D eigenvalue weighted by molar-refractivity contribution is -0.137. The molecule has 2 aromatic carbocycles. The van der Waals surface area contributed by atoms with Crippen molar-refractivity contribution < 1.29 is 13.2 Å². The van der Waals surface area contributed by atoms with Crippen molar-refractivity contribution in [2.24, 2.45) is 0 Å². The molecule has 2 rings (SSSR count). The number of nitrogens with two attached hydrogens (primary N) is 1. The van der Waals surface area contributed by atoms with Gasteiger partial charge in [0, 0.05) is 0 Å². The lowest BCUT2D eigenvalue weighted by Crippen LogP contribution is -2.04. The van der Waals surface area contributed by atoms with Crippen LogP contribution in [0.25, 0.3) is 11.1 Å². The highest BCUT2D eigenvalue weighted by molar-refractivity contribution is 6.33. The minimum absolute atomic E-state index is 0.339. The summed E-state index contributed by atoms with van der Waals surface area (Å²) in [5.41, 5.74) is 6.33. The standard InChI is InChI=1S/C13H9ClF3N/c14-11-5-4-9(7-12(11)18)8-2-1-3-10(6-8)13(15,16)17/h1-7H,18H2. The predicted octanol–water partition coefficient (Wildman–Crippen LogP) is 4.61. The van der Waals surface area contributed by atoms with Gasteiger partial charge in [-0.05, 0) is 35.4 Å². The summed E-state index contributed by atoms with van der Waals surface area (Å²) in [4.78, 5) is 0. The average Bonchev–Trinajstić information content (AvgIpc) is 2.32. The molecule has 0 aromatic heterocycles. The fourth-order valence-electron chi connectivity index (χ4n) is 1.60. The second-order valence-corrected chi connectivity index (χ2v) is 4.22. The van der Waals surface area contributed by atoms with Gasteiger partial charge in [0.25, 0.3) is 0 Å². The van der Waals surface area contributed by atoms with E-state index in [-0.39, 0.29) is 0 Å². The first-order valence-electron chi connectivity index (χ1n) is 5.10. The van der Waals surface area contributed by atoms with Crippen LogP contribution in [-0.2, 0) is 6.18 Å². The molecule has 0 heterocycles. The summed E-state index contributed by atoms with van der Waals surface area (Å²) in [6.07, 6.45) is -4.35. The van der Waals surface area contributed by atoms with Crippen LogP contribution in [0.2, 0.25) is 5.02 Å². The first kappa shape index (κ1) is 12.8. The third kappa shape index (κ3) is 2.59. The van der Waals surface area contributed by atoms with Crippen molar-refractivity contribution >= 4 is 17.3 Å². The second-order valence-electron chi connectivity index (χ2n) is 3.81. The molecule has 0 radical (unpaired) electrons. The van der Waals surface area contributed by atoms with E-state index in [4.69, 9.17) is 17.3 Å². The van der Waals surface area contributed by atoms with E-state index in [1.54, 1.807) is 24.3 Å². The van der Waals surface area contributed by atoms with E-state index >= 15 is 0 Å². The van der Waals surface area contributed by atoms with Crippen LogP contribution in [0.5, 0.6) is 0 Å². The zero-order chi connectivity index (χ0) is 13.3. The van der Waals surface area contributed by atoms with Gasteiger partial charge in [0.05, 0.1) is 16.3 Å². The molecule has 2 aromatic rings. The summed E-state index contributed by atoms with van der Waals surface area (Å²) in [5, 5.41) is 0.380. The summed E-state index contributed by atoms with van der Waals surface area (Å²) in [6.45, 7) is 0. The number of anilines is 1. The highest BCUT2D eigenvalue weighted by Gasteiger charge is 2.30. The average molecular weight is 272 g/mol. The number of rotatable bonds is 1. The Balaban J connectivity index is 2.48. The third-order valence-electron chi connectivity index (χ3n) is 2.52. The predicted molar refractivity (Wildman–Crippen MR) is 66.3 cm³/mol. The van der Waals surface area contributed by atoms with E-state index in [0.29, 0.717) is 21.8 Å². The molecule has 0 aliphatic rings. The van der Waals surface area contributed by atoms with Crippen molar-refractivity contribution in [2.75, 3.05) is 5.73 Å². The van der Waals surface area contributed by atoms with Crippen LogP contribution in [0, 0.1) is 0 Å². The SMILES string of the molecule is Nc1cc(-c2cccc(C(F)(F)F)c2)ccc1Cl. The summed E-state index contributed by atoms with van der Waals surface area (Å²) in [5.74, 6) is 0. The molecule has 18 heavy (non-hydrogen) atoms. The zero-order valence-electron chi connectivity index (χ0n) is 9.13. The molecule has 0 bridgehead atoms. The summed E-state index contributed by atoms with van der Waals surface area (Å²) in [7, 11) is 0. The number of halogens is 4. The van der Waals surface area contributed by atoms with E-state index < -0.39 is 11.7 Å². The number of hydrogen-bond donors (Lipinski definition) is 1. The van der Waals surface area contributed by atoms with Crippen LogP contribution in [0.4, 0.5) is 18.9 Å². The minimum Gasteiger partial charge on any atom is -0.398 e. The number of nitrogen functional groups attached to an aromatic ring is 1. The number of benzene rings is 2. The van der Waals surface area contributed by atoms with Crippen molar-refractivity contribution in [3.8, 4) is 11.1 Å². The Morgan fingerprint density at radius 3 is 2.22 bits per heavy atom. The fourth-order valence-corrected chi connectivity index (χ4v) is 1.72. The van der Waals surface area contributed by atoms with Gasteiger partial charge in [-0.15, -0.1) is 0 Å². The molecule has 0 amide bonds. The van der Waals surface area contributed by atoms with Gasteiger partial charge in [-0.25, -0.2) is 0 Å². The quantitative estimate of drug-likeness (QED) is 0.753. The van der Waals surface area contributed by atoms with Gasteiger partial charge in [-0.1, -0.05) is 29.8 Å². The molecule has 0 atom stereocenters. The van der Waals surface area contributed by atoms with Gasteiger partial charge >= 0.3 is 6.18 Å². The maximum atomic E-state index is 12.6. The van der Waals surface area contributed by atoms with Crippen LogP contribution < -0.4 is 5.73 Å². The number of alkyl halides is 3. The third-order valence-corrected chi connectivity index (χ3v) is 2.86. The normalized spacial score (nSPS) is 11.6. The maximum absolute atomic E-state index is 12.6. The summed E-state index contributed by atoms with van der Waals surface area (Å²) in [6, 6.07) is 9.82. The van der Waals surface area contributed by atoms with E-state index in [1.165, 1.54) is 6.07 Å². The van der Waals surface area contributed by atoms with Crippen molar-refractivity contribution in [1.82, 2.24) is 0 Å². The molecule has 0 aliphatic carbocycles. The smallest absolute Gasteiger partial charge is 0.398 e. The first-order valence-corrected chi connectivity index (χ1v) is 5.48. The van der Waals surface area contributed by atoms with Gasteiger partial charge in [-0.2, -0.15) is 13.2 Å². The largest absolute Gasteiger partial charge is 0.416 e. The Morgan fingerprint density at radius 1 is 0.944 bits per heavy atom. The Kier molecular flexibility index (Phi) is 3.22. The molecule has 94 valence electrons. The molecule has 0 aliphatic heterocycles. The van der Waals surface area contributed by atoms with Crippen LogP contribution in [0.3, 0.4) is 0 Å². The van der Waals surface area contributed by atoms with Crippen LogP contribution >= 0.6 is 11.6 Å². The molecule has 0 saturated carbocycles. The van der Waals surface area contributed by atoms with Gasteiger partial charge in [0.2, 0.25) is 0 Å². The van der Waals surface area contributed by atoms with Crippen molar-refractivity contribution in [2.45, 2.75) is 6.18 Å². The monoisotopic (exact) mass is 271 g/mol. The Morgan fingerprint density at radius 2 is 1.61 bits per heavy atom. The lowest BCUT2D eigenvalue weighted by atomic mass is 10.0. The van der Waals surface area contributed by atoms with E-state index in [2.05, 4.69) is 0 Å². The molecule has 2 N–H and O–H groups in total. The molecular weight excluding hydrogens is 263 g/mol. The molecular formula is C13H9ClF3N. The molecule has 5 heteroatoms. The Labute approximate surface area is 107 Å². The van der Waals surface area contributed by atoms with Crippen molar-refractivity contribution in [1.29, 1.82) is 0 Å². The lowest BCUT2D eigenvalue weighted by Gasteiger charge is -2.09. The van der Waals surface area contributed by atoms with Crippen molar-refractivity contribution in [3.63, 3.8) is 0 Å². The topological polar surface area (TPSA) is 26.0 Å². The maximum Gasteiger partial charge on any atom is 0.416 e. The molecule has 0 fully saturated rings. The van der Waals surface area contributed by atoms with Gasteiger partial charge in [-0.3, -0.25) is 0 Å². The molecule has 0 saturated heterocycles. The van der Waals surface area contributed by atoms with Gasteiger partial charge < -0.3 is 5.73 Å². The first-order chi connectivity index (χ1) is 8.38. The molecule has 0 unspecified atom stereocenters. The van der Waals surface area contributed by atoms with Crippen LogP contribution in [0.15, 0.2) is 42.5 Å². The second kappa shape index (κ2) is 4.53. The molecule has 0 spiro atoms. The van der Waals surface area contributed by atoms with E-state index in [1.807, 2.05) is 0 Å². The van der Waals surface area contributed by atoms with Gasteiger partial charge in [0.15, 0.2) is 0 Å². The van der Waals surface area contributed by atoms with Crippen LogP contribution in [0.1, 0.15) is 5.56 Å². The minimum atomic E-state index is -4.35. The zero-order valence-corrected chi connectivity index (χ0v) is 9.89. The Hall–Kier alpha value is -1.68. The van der Waals surface area contributed by atoms with E-state index in [0.717, 1.165) is 12.1 Å². The van der Waals surface area contributed by atoms with Crippen molar-refractivity contribution in [3.05, 3.63) is 53.1 Å². The summed E-state index contributed by atoms with van der Waals surface area (Å²) >= 11 is 5.77. The molecule has 1 nitrogen and oxygen atoms in total. The highest BCUT2D eigenvalue weighted by Crippen LogP contribution is 2.33. The highest BCUT2D eigenvalue weighted by atomic mass is 35.5.